The Bertz CT molecular complexity index is 723. The van der Waals surface area contributed by atoms with E-state index in [1.807, 2.05) is 20.0 Å². The molecule has 4 rings (SSSR count). The number of oxazole rings is 1. The fraction of sp³-hybridized carbons (Fsp3) is 0.476. The van der Waals surface area contributed by atoms with Crippen LogP contribution in [0.15, 0.2) is 34.6 Å². The maximum atomic E-state index is 5.25. The SMILES string of the molecule is C=CNc1c2c(cc3c1CCC3)CCC2.CC(C)c1ncc(SN)o1.CN. The van der Waals surface area contributed by atoms with Gasteiger partial charge in [-0.2, -0.15) is 0 Å². The highest BCUT2D eigenvalue weighted by atomic mass is 32.2. The van der Waals surface area contributed by atoms with Crippen molar-refractivity contribution >= 4 is 17.6 Å². The molecule has 148 valence electrons. The number of hydrogen-bond donors (Lipinski definition) is 3. The summed E-state index contributed by atoms with van der Waals surface area (Å²) >= 11 is 1.08. The van der Waals surface area contributed by atoms with Gasteiger partial charge in [0.05, 0.1) is 6.20 Å². The van der Waals surface area contributed by atoms with E-state index in [0.29, 0.717) is 11.0 Å². The van der Waals surface area contributed by atoms with Gasteiger partial charge in [-0.3, -0.25) is 5.14 Å². The van der Waals surface area contributed by atoms with Gasteiger partial charge in [-0.1, -0.05) is 26.5 Å². The number of nitrogens with zero attached hydrogens (tertiary/aromatic N) is 1. The standard InChI is InChI=1S/C14H17N.C6H10N2OS.CH5N/c1-2-15-14-12-7-3-5-10(12)9-11-6-4-8-13(11)14;1-4(2)6-8-3-5(9-6)10-7;1-2/h2,9,15H,1,3-8H2;3-4H,7H2,1-2H3;2H2,1H3. The number of hydrogen-bond acceptors (Lipinski definition) is 6. The van der Waals surface area contributed by atoms with Gasteiger partial charge in [-0.05, 0) is 86.0 Å². The molecule has 27 heavy (non-hydrogen) atoms. The number of nitrogens with one attached hydrogen (secondary N) is 1. The van der Waals surface area contributed by atoms with Gasteiger partial charge in [0.1, 0.15) is 0 Å². The molecular weight excluding hydrogens is 356 g/mol. The summed E-state index contributed by atoms with van der Waals surface area (Å²) in [6, 6.07) is 2.46. The predicted molar refractivity (Wildman–Crippen MR) is 115 cm³/mol. The van der Waals surface area contributed by atoms with E-state index in [9.17, 15) is 0 Å². The van der Waals surface area contributed by atoms with Crippen molar-refractivity contribution in [2.75, 3.05) is 12.4 Å². The first-order valence-corrected chi connectivity index (χ1v) is 10.5. The molecule has 0 saturated heterocycles. The zero-order chi connectivity index (χ0) is 19.8. The van der Waals surface area contributed by atoms with E-state index in [2.05, 4.69) is 28.7 Å². The first-order valence-electron chi connectivity index (χ1n) is 9.58. The molecule has 0 bridgehead atoms. The van der Waals surface area contributed by atoms with Crippen molar-refractivity contribution in [1.82, 2.24) is 4.98 Å². The number of rotatable bonds is 4. The van der Waals surface area contributed by atoms with Crippen LogP contribution in [0.1, 0.15) is 60.8 Å². The van der Waals surface area contributed by atoms with Crippen LogP contribution < -0.4 is 16.2 Å². The Morgan fingerprint density at radius 1 is 1.15 bits per heavy atom. The van der Waals surface area contributed by atoms with Gasteiger partial charge in [-0.25, -0.2) is 4.98 Å². The van der Waals surface area contributed by atoms with Crippen LogP contribution in [-0.2, 0) is 25.7 Å². The van der Waals surface area contributed by atoms with Crippen molar-refractivity contribution in [1.29, 1.82) is 0 Å². The van der Waals surface area contributed by atoms with E-state index >= 15 is 0 Å². The molecular formula is C21H32N4OS. The summed E-state index contributed by atoms with van der Waals surface area (Å²) in [5.41, 5.74) is 12.2. The van der Waals surface area contributed by atoms with E-state index in [1.54, 1.807) is 28.5 Å². The van der Waals surface area contributed by atoms with Gasteiger partial charge in [0.25, 0.3) is 0 Å². The highest BCUT2D eigenvalue weighted by Crippen LogP contribution is 2.38. The van der Waals surface area contributed by atoms with Crippen molar-refractivity contribution in [3.05, 3.63) is 53.2 Å². The zero-order valence-corrected chi connectivity index (χ0v) is 17.5. The molecule has 2 aliphatic carbocycles. The zero-order valence-electron chi connectivity index (χ0n) is 16.7. The molecule has 0 saturated carbocycles. The fourth-order valence-electron chi connectivity index (χ4n) is 3.69. The summed E-state index contributed by atoms with van der Waals surface area (Å²) in [6.07, 6.45) is 11.2. The number of aromatic nitrogens is 1. The van der Waals surface area contributed by atoms with Crippen LogP contribution in [0.5, 0.6) is 0 Å². The van der Waals surface area contributed by atoms with Crippen LogP contribution in [0.3, 0.4) is 0 Å². The van der Waals surface area contributed by atoms with Gasteiger partial charge in [0.2, 0.25) is 0 Å². The van der Waals surface area contributed by atoms with E-state index in [0.717, 1.165) is 17.8 Å². The summed E-state index contributed by atoms with van der Waals surface area (Å²) in [5.74, 6) is 1.08. The minimum atomic E-state index is 0.334. The molecule has 1 heterocycles. The van der Waals surface area contributed by atoms with Crippen LogP contribution in [-0.4, -0.2) is 12.0 Å². The second kappa shape index (κ2) is 10.5. The number of nitrogens with two attached hydrogens (primary N) is 2. The highest BCUT2D eigenvalue weighted by molar-refractivity contribution is 7.96. The molecule has 2 aliphatic rings. The van der Waals surface area contributed by atoms with Crippen molar-refractivity contribution in [3.8, 4) is 0 Å². The van der Waals surface area contributed by atoms with Gasteiger partial charge in [-0.15, -0.1) is 0 Å². The molecule has 1 aromatic carbocycles. The monoisotopic (exact) mass is 388 g/mol. The van der Waals surface area contributed by atoms with Gasteiger partial charge in [0, 0.05) is 11.6 Å². The largest absolute Gasteiger partial charge is 0.433 e. The molecule has 0 fully saturated rings. The molecule has 5 nitrogen and oxygen atoms in total. The topological polar surface area (TPSA) is 90.1 Å². The Morgan fingerprint density at radius 3 is 2.15 bits per heavy atom. The molecule has 2 aromatic rings. The molecule has 0 aliphatic heterocycles. The smallest absolute Gasteiger partial charge is 0.198 e. The second-order valence-corrected chi connectivity index (χ2v) is 7.51. The Balaban J connectivity index is 0.000000191. The van der Waals surface area contributed by atoms with Gasteiger partial charge < -0.3 is 15.5 Å². The lowest BCUT2D eigenvalue weighted by atomic mass is 9.99. The minimum absolute atomic E-state index is 0.334. The summed E-state index contributed by atoms with van der Waals surface area (Å²) < 4.78 is 5.22. The molecule has 0 spiro atoms. The lowest BCUT2D eigenvalue weighted by Crippen LogP contribution is -2.00. The quantitative estimate of drug-likeness (QED) is 0.665. The van der Waals surface area contributed by atoms with Gasteiger partial charge >= 0.3 is 0 Å². The Hall–Kier alpha value is -1.76. The summed E-state index contributed by atoms with van der Waals surface area (Å²) in [7, 11) is 1.50. The van der Waals surface area contributed by atoms with E-state index in [1.165, 1.54) is 51.3 Å². The highest BCUT2D eigenvalue weighted by Gasteiger charge is 2.23. The molecule has 0 radical (unpaired) electrons. The summed E-state index contributed by atoms with van der Waals surface area (Å²) in [6.45, 7) is 7.85. The summed E-state index contributed by atoms with van der Waals surface area (Å²) in [4.78, 5) is 4.02. The average molecular weight is 389 g/mol. The molecule has 1 aromatic heterocycles. The second-order valence-electron chi connectivity index (χ2n) is 6.87. The van der Waals surface area contributed by atoms with Crippen molar-refractivity contribution in [3.63, 3.8) is 0 Å². The maximum Gasteiger partial charge on any atom is 0.198 e. The first-order chi connectivity index (χ1) is 13.1. The number of fused-ring (bicyclic) bond motifs is 2. The third-order valence-electron chi connectivity index (χ3n) is 4.83. The predicted octanol–water partition coefficient (Wildman–Crippen LogP) is 4.56. The van der Waals surface area contributed by atoms with Crippen LogP contribution in [0.25, 0.3) is 0 Å². The third kappa shape index (κ3) is 5.15. The summed E-state index contributed by atoms with van der Waals surface area (Å²) in [5, 5.41) is 9.29. The number of benzene rings is 1. The van der Waals surface area contributed by atoms with Gasteiger partial charge in [0.15, 0.2) is 11.0 Å². The van der Waals surface area contributed by atoms with Crippen molar-refractivity contribution in [2.45, 2.75) is 63.4 Å². The Kier molecular flexibility index (Phi) is 8.41. The minimum Gasteiger partial charge on any atom is -0.433 e. The molecule has 0 atom stereocenters. The van der Waals surface area contributed by atoms with E-state index < -0.39 is 0 Å². The molecule has 0 unspecified atom stereocenters. The first kappa shape index (κ1) is 21.5. The van der Waals surface area contributed by atoms with Crippen LogP contribution in [0, 0.1) is 0 Å². The van der Waals surface area contributed by atoms with Crippen molar-refractivity contribution < 1.29 is 4.42 Å². The maximum absolute atomic E-state index is 5.25. The lowest BCUT2D eigenvalue weighted by molar-refractivity contribution is 0.406. The van der Waals surface area contributed by atoms with Crippen LogP contribution in [0.2, 0.25) is 0 Å². The molecule has 5 N–H and O–H groups in total. The van der Waals surface area contributed by atoms with Crippen molar-refractivity contribution in [2.24, 2.45) is 10.9 Å². The lowest BCUT2D eigenvalue weighted by Gasteiger charge is -2.14. The van der Waals surface area contributed by atoms with Crippen LogP contribution >= 0.6 is 11.9 Å². The molecule has 0 amide bonds. The normalized spacial score (nSPS) is 13.9. The Morgan fingerprint density at radius 2 is 1.74 bits per heavy atom. The third-order valence-corrected chi connectivity index (χ3v) is 5.25. The Labute approximate surface area is 167 Å². The van der Waals surface area contributed by atoms with E-state index in [4.69, 9.17) is 9.56 Å². The number of anilines is 1. The van der Waals surface area contributed by atoms with Crippen LogP contribution in [0.4, 0.5) is 5.69 Å². The average Bonchev–Trinajstić information content (AvgIpc) is 3.43. The van der Waals surface area contributed by atoms with E-state index in [-0.39, 0.29) is 0 Å². The number of aryl methyl sites for hydroxylation is 2. The fourth-order valence-corrected chi connectivity index (χ4v) is 3.93. The molecule has 6 heteroatoms.